The Morgan fingerprint density at radius 3 is 2.83 bits per heavy atom. The van der Waals surface area contributed by atoms with Crippen LogP contribution in [0.15, 0.2) is 24.3 Å². The molecule has 0 amide bonds. The van der Waals surface area contributed by atoms with Crippen LogP contribution >= 0.6 is 0 Å². The lowest BCUT2D eigenvalue weighted by atomic mass is 9.80. The predicted octanol–water partition coefficient (Wildman–Crippen LogP) is 2.00. The summed E-state index contributed by atoms with van der Waals surface area (Å²) in [5.41, 5.74) is 1.81. The minimum absolute atomic E-state index is 0.391. The second kappa shape index (κ2) is 5.43. The van der Waals surface area contributed by atoms with Crippen LogP contribution in [-0.4, -0.2) is 18.7 Å². The zero-order chi connectivity index (χ0) is 12.4. The topological polar surface area (TPSA) is 38.7 Å². The fourth-order valence-electron chi connectivity index (χ4n) is 2.92. The van der Waals surface area contributed by atoms with Gasteiger partial charge in [0, 0.05) is 5.56 Å². The molecule has 96 valence electrons. The van der Waals surface area contributed by atoms with Crippen LogP contribution in [0.4, 0.5) is 0 Å². The molecule has 0 radical (unpaired) electrons. The Hall–Kier alpha value is -0.835. The fourth-order valence-corrected chi connectivity index (χ4v) is 2.92. The maximum atomic E-state index is 9.79. The number of hydrogen-bond donors (Lipinski definition) is 1. The van der Waals surface area contributed by atoms with E-state index in [-0.39, 0.29) is 0 Å². The van der Waals surface area contributed by atoms with Crippen molar-refractivity contribution in [3.63, 3.8) is 0 Å². The first-order valence-electron chi connectivity index (χ1n) is 6.88. The zero-order valence-electron chi connectivity index (χ0n) is 10.5. The van der Waals surface area contributed by atoms with Crippen LogP contribution in [-0.2, 0) is 9.39 Å². The van der Waals surface area contributed by atoms with E-state index >= 15 is 0 Å². The summed E-state index contributed by atoms with van der Waals surface area (Å²) in [5, 5.41) is 9.79. The van der Waals surface area contributed by atoms with Gasteiger partial charge in [0.15, 0.2) is 6.29 Å². The molecular weight excluding hydrogens is 227 g/mol. The molecule has 0 spiro atoms. The Kier molecular flexibility index (Phi) is 3.68. The Morgan fingerprint density at radius 2 is 2.00 bits per heavy atom. The fraction of sp³-hybridized carbons (Fsp3) is 0.571. The molecule has 1 N–H and O–H groups in total. The molecule has 0 aromatic heterocycles. The van der Waals surface area contributed by atoms with Gasteiger partial charge in [0.1, 0.15) is 0 Å². The van der Waals surface area contributed by atoms with E-state index in [1.54, 1.807) is 0 Å². The van der Waals surface area contributed by atoms with Gasteiger partial charge in [-0.25, -0.2) is 0 Å². The summed E-state index contributed by atoms with van der Waals surface area (Å²) < 4.78 is 11.3. The molecule has 0 saturated heterocycles. The van der Waals surface area contributed by atoms with Crippen molar-refractivity contribution in [3.8, 4) is 0 Å². The van der Waals surface area contributed by atoms with Gasteiger partial charge in [0.25, 0.3) is 0 Å². The van der Waals surface area contributed by atoms with Crippen LogP contribution in [0.25, 0.3) is 0 Å². The van der Waals surface area contributed by atoms with E-state index in [1.807, 2.05) is 24.3 Å². The lowest BCUT2D eigenvalue weighted by Gasteiger charge is -2.23. The Bertz CT molecular complexity index is 404. The Morgan fingerprint density at radius 1 is 1.22 bits per heavy atom. The molecule has 1 fully saturated rings. The minimum Gasteiger partial charge on any atom is -0.423 e. The normalized spacial score (nSPS) is 24.3. The summed E-state index contributed by atoms with van der Waals surface area (Å²) in [6, 6.07) is 7.73. The van der Waals surface area contributed by atoms with E-state index in [2.05, 4.69) is 0 Å². The quantitative estimate of drug-likeness (QED) is 0.829. The van der Waals surface area contributed by atoms with Crippen molar-refractivity contribution in [1.29, 1.82) is 0 Å². The van der Waals surface area contributed by atoms with Crippen molar-refractivity contribution in [2.75, 3.05) is 6.61 Å². The van der Waals surface area contributed by atoms with Crippen molar-refractivity contribution < 1.29 is 14.4 Å². The third-order valence-corrected chi connectivity index (χ3v) is 3.98. The molecular formula is C14H19BO3. The van der Waals surface area contributed by atoms with Crippen LogP contribution in [0, 0.1) is 5.92 Å². The molecule has 3 nitrogen and oxygen atoms in total. The van der Waals surface area contributed by atoms with Gasteiger partial charge >= 0.3 is 7.12 Å². The summed E-state index contributed by atoms with van der Waals surface area (Å²) in [4.78, 5) is 0. The molecule has 1 unspecified atom stereocenters. The highest BCUT2D eigenvalue weighted by atomic mass is 16.7. The highest BCUT2D eigenvalue weighted by molar-refractivity contribution is 6.61. The lowest BCUT2D eigenvalue weighted by molar-refractivity contribution is -0.0992. The lowest BCUT2D eigenvalue weighted by Crippen LogP contribution is -2.27. The van der Waals surface area contributed by atoms with Crippen molar-refractivity contribution in [3.05, 3.63) is 29.8 Å². The number of fused-ring (bicyclic) bond motifs is 1. The van der Waals surface area contributed by atoms with E-state index in [4.69, 9.17) is 9.39 Å². The molecule has 3 rings (SSSR count). The first-order chi connectivity index (χ1) is 8.84. The molecule has 1 aromatic rings. The largest absolute Gasteiger partial charge is 0.493 e. The van der Waals surface area contributed by atoms with Gasteiger partial charge in [-0.3, -0.25) is 0 Å². The van der Waals surface area contributed by atoms with Crippen molar-refractivity contribution in [2.45, 2.75) is 38.4 Å². The molecule has 0 bridgehead atoms. The van der Waals surface area contributed by atoms with Crippen molar-refractivity contribution in [1.82, 2.24) is 0 Å². The van der Waals surface area contributed by atoms with Crippen LogP contribution in [0.5, 0.6) is 0 Å². The Labute approximate surface area is 108 Å². The predicted molar refractivity (Wildman–Crippen MR) is 70.4 cm³/mol. The second-order valence-electron chi connectivity index (χ2n) is 5.29. The molecule has 1 atom stereocenters. The van der Waals surface area contributed by atoms with E-state index in [0.717, 1.165) is 17.6 Å². The maximum absolute atomic E-state index is 9.79. The smallest absolute Gasteiger partial charge is 0.423 e. The summed E-state index contributed by atoms with van der Waals surface area (Å²) in [6.45, 7) is 0.742. The summed E-state index contributed by atoms with van der Waals surface area (Å²) in [7, 11) is -0.836. The van der Waals surface area contributed by atoms with Crippen molar-refractivity contribution >= 4 is 12.6 Å². The van der Waals surface area contributed by atoms with E-state index in [0.29, 0.717) is 5.92 Å². The first-order valence-corrected chi connectivity index (χ1v) is 6.88. The molecule has 18 heavy (non-hydrogen) atoms. The van der Waals surface area contributed by atoms with Gasteiger partial charge in [0.2, 0.25) is 0 Å². The van der Waals surface area contributed by atoms with Gasteiger partial charge in [-0.05, 0) is 24.2 Å². The van der Waals surface area contributed by atoms with Crippen LogP contribution in [0.1, 0.15) is 44.0 Å². The van der Waals surface area contributed by atoms with Gasteiger partial charge in [-0.1, -0.05) is 43.5 Å². The highest BCUT2D eigenvalue weighted by Gasteiger charge is 2.35. The van der Waals surface area contributed by atoms with Crippen LogP contribution in [0.2, 0.25) is 0 Å². The third kappa shape index (κ3) is 2.46. The highest BCUT2D eigenvalue weighted by Crippen LogP contribution is 2.28. The zero-order valence-corrected chi connectivity index (χ0v) is 10.5. The van der Waals surface area contributed by atoms with Crippen LogP contribution in [0.3, 0.4) is 0 Å². The minimum atomic E-state index is -0.836. The van der Waals surface area contributed by atoms with E-state index in [9.17, 15) is 5.02 Å². The number of hydrogen-bond acceptors (Lipinski definition) is 3. The average molecular weight is 246 g/mol. The summed E-state index contributed by atoms with van der Waals surface area (Å²) in [6.07, 6.45) is 6.13. The SMILES string of the molecule is OB1OC(OCC2CCCCC2)c2ccccc21. The second-order valence-corrected chi connectivity index (χ2v) is 5.29. The molecule has 1 aromatic carbocycles. The third-order valence-electron chi connectivity index (χ3n) is 3.98. The maximum Gasteiger partial charge on any atom is 0.493 e. The number of benzene rings is 1. The molecule has 2 aliphatic rings. The standard InChI is InChI=1S/C14H19BO3/c16-15-13-9-5-4-8-12(13)14(18-15)17-10-11-6-2-1-3-7-11/h4-5,8-9,11,14,16H,1-3,6-7,10H2. The number of ether oxygens (including phenoxy) is 1. The molecule has 1 aliphatic carbocycles. The molecule has 4 heteroatoms. The first kappa shape index (κ1) is 12.2. The van der Waals surface area contributed by atoms with Crippen LogP contribution < -0.4 is 5.46 Å². The monoisotopic (exact) mass is 246 g/mol. The van der Waals surface area contributed by atoms with E-state index < -0.39 is 13.4 Å². The van der Waals surface area contributed by atoms with Gasteiger partial charge < -0.3 is 14.4 Å². The van der Waals surface area contributed by atoms with Crippen molar-refractivity contribution in [2.24, 2.45) is 5.92 Å². The number of rotatable bonds is 3. The van der Waals surface area contributed by atoms with Gasteiger partial charge in [0.05, 0.1) is 6.61 Å². The summed E-state index contributed by atoms with van der Waals surface area (Å²) in [5.74, 6) is 0.659. The average Bonchev–Trinajstić information content (AvgIpc) is 2.75. The molecule has 1 saturated carbocycles. The molecule has 1 aliphatic heterocycles. The molecule has 1 heterocycles. The van der Waals surface area contributed by atoms with Gasteiger partial charge in [-0.2, -0.15) is 0 Å². The van der Waals surface area contributed by atoms with E-state index in [1.165, 1.54) is 32.1 Å². The Balaban J connectivity index is 1.61. The van der Waals surface area contributed by atoms with Gasteiger partial charge in [-0.15, -0.1) is 0 Å². The summed E-state index contributed by atoms with van der Waals surface area (Å²) >= 11 is 0.